The van der Waals surface area contributed by atoms with Gasteiger partial charge in [-0.05, 0) is 114 Å². The molecule has 4 rings (SSSR count). The number of methoxy groups -OCH3 is 1. The predicted octanol–water partition coefficient (Wildman–Crippen LogP) is 7.14. The highest BCUT2D eigenvalue weighted by atomic mass is 16.5. The first-order chi connectivity index (χ1) is 16.3. The van der Waals surface area contributed by atoms with E-state index in [1.807, 2.05) is 0 Å². The molecule has 0 unspecified atom stereocenters. The van der Waals surface area contributed by atoms with Gasteiger partial charge in [-0.2, -0.15) is 0 Å². The highest BCUT2D eigenvalue weighted by Crippen LogP contribution is 2.71. The van der Waals surface area contributed by atoms with E-state index < -0.39 is 0 Å². The maximum atomic E-state index is 13.1. The van der Waals surface area contributed by atoms with Crippen LogP contribution in [0, 0.1) is 34.0 Å². The SMILES string of the molecule is COC(=O)[C@@H](CCC=C(C)C)[C@@H]1CC[C@]2(C)C3=C(CC[C@@]12C)[C@@]1(C)CCC(=O)NC(C)(C)[C@@H]1CC3. The van der Waals surface area contributed by atoms with E-state index in [-0.39, 0.29) is 39.6 Å². The highest BCUT2D eigenvalue weighted by molar-refractivity contribution is 5.77. The zero-order valence-electron chi connectivity index (χ0n) is 23.6. The second-order valence-electron chi connectivity index (χ2n) is 13.6. The molecule has 0 aromatic heterocycles. The van der Waals surface area contributed by atoms with E-state index in [2.05, 4.69) is 59.9 Å². The van der Waals surface area contributed by atoms with Gasteiger partial charge in [0.15, 0.2) is 0 Å². The van der Waals surface area contributed by atoms with Crippen LogP contribution in [0.3, 0.4) is 0 Å². The lowest BCUT2D eigenvalue weighted by Gasteiger charge is -2.59. The second kappa shape index (κ2) is 9.06. The minimum absolute atomic E-state index is 0.0202. The number of fused-ring (bicyclic) bond motifs is 4. The lowest BCUT2D eigenvalue weighted by atomic mass is 9.46. The van der Waals surface area contributed by atoms with Crippen molar-refractivity contribution < 1.29 is 14.3 Å². The number of rotatable bonds is 5. The van der Waals surface area contributed by atoms with Crippen molar-refractivity contribution in [3.05, 3.63) is 22.8 Å². The number of ether oxygens (including phenoxy) is 1. The smallest absolute Gasteiger partial charge is 0.308 e. The number of nitrogens with one attached hydrogen (secondary N) is 1. The zero-order valence-corrected chi connectivity index (χ0v) is 23.6. The third-order valence-corrected chi connectivity index (χ3v) is 11.3. The lowest BCUT2D eigenvalue weighted by molar-refractivity contribution is -0.150. The molecule has 1 saturated heterocycles. The van der Waals surface area contributed by atoms with Crippen LogP contribution in [0.15, 0.2) is 22.8 Å². The van der Waals surface area contributed by atoms with E-state index in [0.717, 1.165) is 57.8 Å². The molecule has 0 aromatic rings. The van der Waals surface area contributed by atoms with Crippen molar-refractivity contribution in [2.24, 2.45) is 34.0 Å². The summed E-state index contributed by atoms with van der Waals surface area (Å²) in [5.74, 6) is 0.984. The van der Waals surface area contributed by atoms with Gasteiger partial charge in [0.2, 0.25) is 5.91 Å². The van der Waals surface area contributed by atoms with E-state index in [9.17, 15) is 9.59 Å². The Balaban J connectivity index is 1.72. The number of amides is 1. The molecule has 3 aliphatic carbocycles. The van der Waals surface area contributed by atoms with Gasteiger partial charge in [0.05, 0.1) is 13.0 Å². The Hall–Kier alpha value is -1.58. The number of esters is 1. The standard InChI is InChI=1S/C31H49NO3/c1-20(2)10-9-11-21(27(34)35-8)22-14-18-31(7)24-12-13-25-28(3,4)32-26(33)16-17-29(25,5)23(24)15-19-30(22,31)6/h10,21-22,25H,9,11-19H2,1-8H3,(H,32,33)/t21-,22-,25-,29+,30-,31+/m0/s1. The molecule has 0 radical (unpaired) electrons. The molecule has 1 heterocycles. The lowest BCUT2D eigenvalue weighted by Crippen LogP contribution is -2.55. The quantitative estimate of drug-likeness (QED) is 0.334. The largest absolute Gasteiger partial charge is 0.469 e. The van der Waals surface area contributed by atoms with Gasteiger partial charge in [-0.25, -0.2) is 0 Å². The molecule has 4 nitrogen and oxygen atoms in total. The average Bonchev–Trinajstić information content (AvgIpc) is 3.00. The molecule has 196 valence electrons. The average molecular weight is 484 g/mol. The van der Waals surface area contributed by atoms with Gasteiger partial charge < -0.3 is 10.1 Å². The molecule has 1 N–H and O–H groups in total. The minimum atomic E-state index is -0.179. The van der Waals surface area contributed by atoms with Gasteiger partial charge in [-0.15, -0.1) is 0 Å². The fourth-order valence-electron chi connectivity index (χ4n) is 9.35. The summed E-state index contributed by atoms with van der Waals surface area (Å²) in [6.07, 6.45) is 12.4. The summed E-state index contributed by atoms with van der Waals surface area (Å²) >= 11 is 0. The maximum absolute atomic E-state index is 13.1. The summed E-state index contributed by atoms with van der Waals surface area (Å²) in [6.45, 7) is 16.2. The Bertz CT molecular complexity index is 941. The van der Waals surface area contributed by atoms with E-state index in [1.54, 1.807) is 18.3 Å². The first-order valence-corrected chi connectivity index (χ1v) is 14.1. The summed E-state index contributed by atoms with van der Waals surface area (Å²) in [5, 5.41) is 3.35. The van der Waals surface area contributed by atoms with Gasteiger partial charge in [0.25, 0.3) is 0 Å². The number of carbonyl (C=O) groups excluding carboxylic acids is 2. The predicted molar refractivity (Wildman–Crippen MR) is 142 cm³/mol. The van der Waals surface area contributed by atoms with Crippen molar-refractivity contribution in [1.29, 1.82) is 0 Å². The number of hydrogen-bond acceptors (Lipinski definition) is 3. The van der Waals surface area contributed by atoms with Crippen LogP contribution < -0.4 is 5.32 Å². The summed E-state index contributed by atoms with van der Waals surface area (Å²) in [7, 11) is 1.56. The van der Waals surface area contributed by atoms with Crippen molar-refractivity contribution in [1.82, 2.24) is 5.32 Å². The van der Waals surface area contributed by atoms with Crippen LogP contribution in [0.25, 0.3) is 0 Å². The molecular weight excluding hydrogens is 434 g/mol. The fraction of sp³-hybridized carbons (Fsp3) is 0.806. The van der Waals surface area contributed by atoms with Crippen LogP contribution in [0.1, 0.15) is 113 Å². The Morgan fingerprint density at radius 3 is 2.40 bits per heavy atom. The Kier molecular flexibility index (Phi) is 6.86. The summed E-state index contributed by atoms with van der Waals surface area (Å²) in [5.41, 5.74) is 4.78. The van der Waals surface area contributed by atoms with Crippen LogP contribution in [-0.4, -0.2) is 24.5 Å². The first kappa shape index (κ1) is 26.5. The molecule has 0 aromatic carbocycles. The number of carbonyl (C=O) groups is 2. The van der Waals surface area contributed by atoms with Gasteiger partial charge in [-0.1, -0.05) is 43.6 Å². The number of allylic oxidation sites excluding steroid dienone is 4. The van der Waals surface area contributed by atoms with Gasteiger partial charge >= 0.3 is 5.97 Å². The van der Waals surface area contributed by atoms with Crippen molar-refractivity contribution in [2.75, 3.05) is 7.11 Å². The molecule has 0 bridgehead atoms. The van der Waals surface area contributed by atoms with Crippen molar-refractivity contribution in [2.45, 2.75) is 118 Å². The molecule has 2 fully saturated rings. The molecule has 1 amide bonds. The van der Waals surface area contributed by atoms with Gasteiger partial charge in [0.1, 0.15) is 0 Å². The second-order valence-corrected chi connectivity index (χ2v) is 13.6. The summed E-state index contributed by atoms with van der Waals surface area (Å²) in [6, 6.07) is 0. The van der Waals surface area contributed by atoms with E-state index >= 15 is 0 Å². The molecule has 0 spiro atoms. The molecule has 1 aliphatic heterocycles. The third-order valence-electron chi connectivity index (χ3n) is 11.3. The monoisotopic (exact) mass is 483 g/mol. The van der Waals surface area contributed by atoms with E-state index in [4.69, 9.17) is 4.74 Å². The topological polar surface area (TPSA) is 55.4 Å². The van der Waals surface area contributed by atoms with Crippen LogP contribution in [0.2, 0.25) is 0 Å². The molecule has 4 heteroatoms. The molecule has 35 heavy (non-hydrogen) atoms. The van der Waals surface area contributed by atoms with Crippen molar-refractivity contribution in [3.63, 3.8) is 0 Å². The summed E-state index contributed by atoms with van der Waals surface area (Å²) < 4.78 is 5.37. The van der Waals surface area contributed by atoms with Crippen molar-refractivity contribution >= 4 is 11.9 Å². The minimum Gasteiger partial charge on any atom is -0.469 e. The van der Waals surface area contributed by atoms with Gasteiger partial charge in [0, 0.05) is 12.0 Å². The first-order valence-electron chi connectivity index (χ1n) is 14.1. The Labute approximate surface area is 213 Å². The van der Waals surface area contributed by atoms with E-state index in [0.29, 0.717) is 18.3 Å². The van der Waals surface area contributed by atoms with E-state index in [1.165, 1.54) is 5.57 Å². The van der Waals surface area contributed by atoms with Crippen LogP contribution >= 0.6 is 0 Å². The summed E-state index contributed by atoms with van der Waals surface area (Å²) in [4.78, 5) is 25.7. The molecule has 6 atom stereocenters. The zero-order chi connectivity index (χ0) is 25.8. The van der Waals surface area contributed by atoms with Crippen molar-refractivity contribution in [3.8, 4) is 0 Å². The van der Waals surface area contributed by atoms with Crippen LogP contribution in [0.4, 0.5) is 0 Å². The Morgan fingerprint density at radius 2 is 1.74 bits per heavy atom. The Morgan fingerprint density at radius 1 is 1.03 bits per heavy atom. The third kappa shape index (κ3) is 4.11. The molecule has 4 aliphatic rings. The molecule has 1 saturated carbocycles. The maximum Gasteiger partial charge on any atom is 0.308 e. The normalized spacial score (nSPS) is 38.9. The van der Waals surface area contributed by atoms with Crippen LogP contribution in [0.5, 0.6) is 0 Å². The van der Waals surface area contributed by atoms with Crippen LogP contribution in [-0.2, 0) is 14.3 Å². The number of hydrogen-bond donors (Lipinski definition) is 1. The fourth-order valence-corrected chi connectivity index (χ4v) is 9.35. The highest BCUT2D eigenvalue weighted by Gasteiger charge is 2.63. The molecular formula is C31H49NO3. The van der Waals surface area contributed by atoms with Gasteiger partial charge in [-0.3, -0.25) is 9.59 Å².